The molecule has 0 aliphatic carbocycles. The summed E-state index contributed by atoms with van der Waals surface area (Å²) in [6.45, 7) is 9.09. The first-order chi connectivity index (χ1) is 8.58. The second-order valence-electron chi connectivity index (χ2n) is 5.28. The average Bonchev–Trinajstić information content (AvgIpc) is 2.39. The zero-order chi connectivity index (χ0) is 13.5. The largest absolute Gasteiger partial charge is 0.392 e. The molecule has 0 bridgehead atoms. The van der Waals surface area contributed by atoms with E-state index >= 15 is 0 Å². The number of hydrogen-bond acceptors (Lipinski definition) is 2. The van der Waals surface area contributed by atoms with Gasteiger partial charge in [0.2, 0.25) is 0 Å². The van der Waals surface area contributed by atoms with E-state index in [4.69, 9.17) is 0 Å². The van der Waals surface area contributed by atoms with Crippen LogP contribution >= 0.6 is 0 Å². The van der Waals surface area contributed by atoms with E-state index in [0.717, 1.165) is 12.8 Å². The van der Waals surface area contributed by atoms with Gasteiger partial charge in [-0.25, -0.2) is 0 Å². The van der Waals surface area contributed by atoms with E-state index in [1.807, 2.05) is 13.8 Å². The van der Waals surface area contributed by atoms with Crippen LogP contribution in [-0.4, -0.2) is 17.8 Å². The molecule has 1 rings (SSSR count). The fourth-order valence-electron chi connectivity index (χ4n) is 1.98. The molecule has 2 atom stereocenters. The van der Waals surface area contributed by atoms with E-state index in [-0.39, 0.29) is 6.10 Å². The highest BCUT2D eigenvalue weighted by Crippen LogP contribution is 2.17. The average molecular weight is 249 g/mol. The molecule has 2 N–H and O–H groups in total. The van der Waals surface area contributed by atoms with E-state index in [1.165, 1.54) is 11.1 Å². The van der Waals surface area contributed by atoms with Crippen LogP contribution in [0.4, 0.5) is 0 Å². The fraction of sp³-hybridized carbons (Fsp3) is 0.625. The van der Waals surface area contributed by atoms with E-state index in [1.54, 1.807) is 0 Å². The Kier molecular flexibility index (Phi) is 6.37. The maximum absolute atomic E-state index is 9.84. The van der Waals surface area contributed by atoms with Gasteiger partial charge in [-0.15, -0.1) is 0 Å². The van der Waals surface area contributed by atoms with Crippen molar-refractivity contribution in [2.75, 3.05) is 6.54 Å². The quantitative estimate of drug-likeness (QED) is 0.777. The van der Waals surface area contributed by atoms with Gasteiger partial charge in [-0.05, 0) is 29.9 Å². The lowest BCUT2D eigenvalue weighted by Crippen LogP contribution is -2.33. The highest BCUT2D eigenvalue weighted by atomic mass is 16.3. The summed E-state index contributed by atoms with van der Waals surface area (Å²) < 4.78 is 0. The number of hydrogen-bond donors (Lipinski definition) is 2. The van der Waals surface area contributed by atoms with Crippen molar-refractivity contribution in [3.8, 4) is 0 Å². The first kappa shape index (κ1) is 15.2. The molecule has 0 aromatic heterocycles. The molecule has 2 nitrogen and oxygen atoms in total. The highest BCUT2D eigenvalue weighted by Gasteiger charge is 2.13. The zero-order valence-corrected chi connectivity index (χ0v) is 12.1. The Morgan fingerprint density at radius 2 is 1.72 bits per heavy atom. The van der Waals surface area contributed by atoms with Crippen LogP contribution in [0.15, 0.2) is 24.3 Å². The molecule has 0 spiro atoms. The molecule has 102 valence electrons. The van der Waals surface area contributed by atoms with Gasteiger partial charge in [0.15, 0.2) is 0 Å². The summed E-state index contributed by atoms with van der Waals surface area (Å²) in [5.74, 6) is 0.303. The number of benzene rings is 1. The summed E-state index contributed by atoms with van der Waals surface area (Å²) in [5, 5.41) is 13.3. The van der Waals surface area contributed by atoms with Crippen LogP contribution in [0, 0.1) is 5.92 Å². The molecular formula is C16H27NO. The molecule has 0 amide bonds. The molecule has 0 heterocycles. The molecule has 2 unspecified atom stereocenters. The lowest BCUT2D eigenvalue weighted by atomic mass is 10.0. The summed E-state index contributed by atoms with van der Waals surface area (Å²) in [5.41, 5.74) is 2.68. The Morgan fingerprint density at radius 1 is 1.11 bits per heavy atom. The van der Waals surface area contributed by atoms with Crippen LogP contribution in [0.2, 0.25) is 0 Å². The molecule has 0 radical (unpaired) electrons. The predicted molar refractivity (Wildman–Crippen MR) is 77.7 cm³/mol. The predicted octanol–water partition coefficient (Wildman–Crippen LogP) is 3.31. The number of nitrogens with one attached hydrogen (secondary N) is 1. The van der Waals surface area contributed by atoms with Crippen LogP contribution in [0.5, 0.6) is 0 Å². The van der Waals surface area contributed by atoms with Crippen LogP contribution in [0.25, 0.3) is 0 Å². The zero-order valence-electron chi connectivity index (χ0n) is 12.1. The van der Waals surface area contributed by atoms with Crippen LogP contribution in [-0.2, 0) is 6.42 Å². The minimum atomic E-state index is -0.269. The first-order valence-electron chi connectivity index (χ1n) is 7.08. The first-order valence-corrected chi connectivity index (χ1v) is 7.08. The number of aliphatic hydroxyl groups is 1. The molecule has 18 heavy (non-hydrogen) atoms. The molecule has 0 saturated carbocycles. The van der Waals surface area contributed by atoms with Crippen molar-refractivity contribution in [2.45, 2.75) is 52.7 Å². The standard InChI is InChI=1S/C16H27NO/c1-5-13-7-9-14(10-8-13)15(6-2)17-11-16(18)12(3)4/h7-10,12,15-18H,5-6,11H2,1-4H3. The van der Waals surface area contributed by atoms with E-state index in [9.17, 15) is 5.11 Å². The normalized spacial score (nSPS) is 14.8. The summed E-state index contributed by atoms with van der Waals surface area (Å²) in [7, 11) is 0. The monoisotopic (exact) mass is 249 g/mol. The second-order valence-corrected chi connectivity index (χ2v) is 5.28. The van der Waals surface area contributed by atoms with Gasteiger partial charge in [-0.2, -0.15) is 0 Å². The third-order valence-corrected chi connectivity index (χ3v) is 3.54. The SMILES string of the molecule is CCc1ccc(C(CC)NCC(O)C(C)C)cc1. The van der Waals surface area contributed by atoms with Crippen molar-refractivity contribution < 1.29 is 5.11 Å². The van der Waals surface area contributed by atoms with E-state index in [2.05, 4.69) is 43.4 Å². The third-order valence-electron chi connectivity index (χ3n) is 3.54. The highest BCUT2D eigenvalue weighted by molar-refractivity contribution is 5.25. The maximum atomic E-state index is 9.84. The Balaban J connectivity index is 2.59. The van der Waals surface area contributed by atoms with Crippen LogP contribution < -0.4 is 5.32 Å². The van der Waals surface area contributed by atoms with Crippen molar-refractivity contribution in [3.05, 3.63) is 35.4 Å². The summed E-state index contributed by atoms with van der Waals surface area (Å²) >= 11 is 0. The molecule has 0 saturated heterocycles. The Morgan fingerprint density at radius 3 is 2.17 bits per heavy atom. The fourth-order valence-corrected chi connectivity index (χ4v) is 1.98. The number of aliphatic hydroxyl groups excluding tert-OH is 1. The maximum Gasteiger partial charge on any atom is 0.0687 e. The smallest absolute Gasteiger partial charge is 0.0687 e. The van der Waals surface area contributed by atoms with Crippen LogP contribution in [0.1, 0.15) is 51.3 Å². The van der Waals surface area contributed by atoms with Crippen molar-refractivity contribution in [2.24, 2.45) is 5.92 Å². The van der Waals surface area contributed by atoms with Gasteiger partial charge in [0.05, 0.1) is 6.10 Å². The molecule has 1 aromatic rings. The second kappa shape index (κ2) is 7.55. The summed E-state index contributed by atoms with van der Waals surface area (Å²) in [6.07, 6.45) is 1.85. The lowest BCUT2D eigenvalue weighted by Gasteiger charge is -2.21. The van der Waals surface area contributed by atoms with Gasteiger partial charge < -0.3 is 10.4 Å². The molecule has 2 heteroatoms. The van der Waals surface area contributed by atoms with Gasteiger partial charge in [0, 0.05) is 12.6 Å². The van der Waals surface area contributed by atoms with Gasteiger partial charge in [0.1, 0.15) is 0 Å². The van der Waals surface area contributed by atoms with Crippen molar-refractivity contribution in [1.82, 2.24) is 5.32 Å². The van der Waals surface area contributed by atoms with Gasteiger partial charge in [-0.1, -0.05) is 52.0 Å². The Labute approximate surface area is 111 Å². The minimum Gasteiger partial charge on any atom is -0.392 e. The van der Waals surface area contributed by atoms with E-state index in [0.29, 0.717) is 18.5 Å². The number of aryl methyl sites for hydroxylation is 1. The van der Waals surface area contributed by atoms with Gasteiger partial charge in [-0.3, -0.25) is 0 Å². The molecule has 0 fully saturated rings. The Bertz CT molecular complexity index is 331. The molecule has 1 aromatic carbocycles. The van der Waals surface area contributed by atoms with E-state index < -0.39 is 0 Å². The van der Waals surface area contributed by atoms with Crippen molar-refractivity contribution in [1.29, 1.82) is 0 Å². The van der Waals surface area contributed by atoms with Gasteiger partial charge in [0.25, 0.3) is 0 Å². The molecule has 0 aliphatic heterocycles. The van der Waals surface area contributed by atoms with Crippen molar-refractivity contribution >= 4 is 0 Å². The van der Waals surface area contributed by atoms with Crippen molar-refractivity contribution in [3.63, 3.8) is 0 Å². The summed E-state index contributed by atoms with van der Waals surface area (Å²) in [4.78, 5) is 0. The number of rotatable bonds is 7. The van der Waals surface area contributed by atoms with Crippen LogP contribution in [0.3, 0.4) is 0 Å². The minimum absolute atomic E-state index is 0.269. The summed E-state index contributed by atoms with van der Waals surface area (Å²) in [6, 6.07) is 9.12. The lowest BCUT2D eigenvalue weighted by molar-refractivity contribution is 0.120. The molecule has 0 aliphatic rings. The third kappa shape index (κ3) is 4.43. The Hall–Kier alpha value is -0.860. The topological polar surface area (TPSA) is 32.3 Å². The molecular weight excluding hydrogens is 222 g/mol. The van der Waals surface area contributed by atoms with Gasteiger partial charge >= 0.3 is 0 Å².